The van der Waals surface area contributed by atoms with Crippen molar-refractivity contribution in [1.29, 1.82) is 0 Å². The van der Waals surface area contributed by atoms with Crippen LogP contribution >= 0.6 is 0 Å². The average molecular weight is 692 g/mol. The number of para-hydroxylation sites is 1. The number of rotatable bonds is 12. The fourth-order valence-electron chi connectivity index (χ4n) is 7.71. The van der Waals surface area contributed by atoms with E-state index in [0.29, 0.717) is 43.1 Å². The predicted molar refractivity (Wildman–Crippen MR) is 194 cm³/mol. The summed E-state index contributed by atoms with van der Waals surface area (Å²) in [5.41, 5.74) is 2.04. The van der Waals surface area contributed by atoms with Gasteiger partial charge >= 0.3 is 0 Å². The Hall–Kier alpha value is -5.04. The van der Waals surface area contributed by atoms with Gasteiger partial charge in [-0.2, -0.15) is 0 Å². The largest absolute Gasteiger partial charge is 0.497 e. The van der Waals surface area contributed by atoms with Crippen molar-refractivity contribution in [2.75, 3.05) is 48.2 Å². The molecule has 2 fully saturated rings. The standard InChI is InChI=1S/C39H45N7O5/c1-28(9-6-7-21-43-26-30(16-22-47)41-42-43)39(50)34-24-33(51-2)14-15-35(34)44(37(39)49)25-29-10-8-13-32(23-29)45-27-46(31-11-4-3-5-12-31)38(36(45)48)17-19-40-20-18-38/h3-6,8-15,23-24,26,28,40,47,50H,7,16-22,25,27H2,1-2H3/b9-6+/t28-,39+/m0/s1. The number of methoxy groups -OCH3 is 1. The fraction of sp³-hybridized carbons (Fsp3) is 0.385. The van der Waals surface area contributed by atoms with Gasteiger partial charge in [0.15, 0.2) is 5.60 Å². The van der Waals surface area contributed by atoms with Crippen LogP contribution in [0.25, 0.3) is 0 Å². The van der Waals surface area contributed by atoms with E-state index in [2.05, 4.69) is 32.7 Å². The lowest BCUT2D eigenvalue weighted by Crippen LogP contribution is -2.55. The average Bonchev–Trinajstić information content (AvgIpc) is 3.79. The molecule has 3 aromatic carbocycles. The summed E-state index contributed by atoms with van der Waals surface area (Å²) in [6, 6.07) is 23.3. The number of piperidine rings is 1. The zero-order valence-electron chi connectivity index (χ0n) is 29.1. The molecule has 3 N–H and O–H groups in total. The number of anilines is 3. The Kier molecular flexibility index (Phi) is 9.65. The number of amides is 2. The fourth-order valence-corrected chi connectivity index (χ4v) is 7.71. The molecule has 12 nitrogen and oxygen atoms in total. The Balaban J connectivity index is 1.12. The summed E-state index contributed by atoms with van der Waals surface area (Å²) < 4.78 is 7.22. The van der Waals surface area contributed by atoms with Crippen molar-refractivity contribution in [3.05, 3.63) is 108 Å². The van der Waals surface area contributed by atoms with Crippen LogP contribution in [-0.4, -0.2) is 76.0 Å². The number of aromatic nitrogens is 3. The minimum atomic E-state index is -1.82. The van der Waals surface area contributed by atoms with Crippen LogP contribution in [0.3, 0.4) is 0 Å². The van der Waals surface area contributed by atoms with Crippen LogP contribution in [0.2, 0.25) is 0 Å². The van der Waals surface area contributed by atoms with Crippen LogP contribution in [0.1, 0.15) is 43.0 Å². The molecule has 0 radical (unpaired) electrons. The van der Waals surface area contributed by atoms with Gasteiger partial charge in [0.05, 0.1) is 31.7 Å². The second kappa shape index (κ2) is 14.3. The van der Waals surface area contributed by atoms with Gasteiger partial charge in [-0.25, -0.2) is 0 Å². The van der Waals surface area contributed by atoms with Crippen LogP contribution in [0, 0.1) is 5.92 Å². The molecule has 12 heteroatoms. The number of nitrogens with zero attached hydrogens (tertiary/aromatic N) is 6. The van der Waals surface area contributed by atoms with E-state index in [1.54, 1.807) is 35.0 Å². The quantitative estimate of drug-likeness (QED) is 0.190. The number of aryl methyl sites for hydroxylation is 1. The van der Waals surface area contributed by atoms with Crippen molar-refractivity contribution in [3.63, 3.8) is 0 Å². The number of fused-ring (bicyclic) bond motifs is 1. The highest BCUT2D eigenvalue weighted by atomic mass is 16.5. The summed E-state index contributed by atoms with van der Waals surface area (Å²) in [5, 5.41) is 33.0. The molecule has 266 valence electrons. The van der Waals surface area contributed by atoms with E-state index < -0.39 is 23.0 Å². The van der Waals surface area contributed by atoms with E-state index >= 15 is 0 Å². The van der Waals surface area contributed by atoms with Crippen molar-refractivity contribution in [1.82, 2.24) is 20.3 Å². The van der Waals surface area contributed by atoms with Crippen molar-refractivity contribution >= 4 is 28.9 Å². The summed E-state index contributed by atoms with van der Waals surface area (Å²) in [7, 11) is 1.56. The summed E-state index contributed by atoms with van der Waals surface area (Å²) in [6.07, 6.45) is 8.12. The summed E-state index contributed by atoms with van der Waals surface area (Å²) >= 11 is 0. The van der Waals surface area contributed by atoms with Gasteiger partial charge in [0.25, 0.3) is 11.8 Å². The van der Waals surface area contributed by atoms with Crippen LogP contribution in [0.4, 0.5) is 17.1 Å². The molecule has 4 heterocycles. The zero-order chi connectivity index (χ0) is 35.6. The van der Waals surface area contributed by atoms with E-state index in [0.717, 1.165) is 48.6 Å². The first-order valence-electron chi connectivity index (χ1n) is 17.6. The molecule has 0 unspecified atom stereocenters. The number of nitrogens with one attached hydrogen (secondary N) is 1. The summed E-state index contributed by atoms with van der Waals surface area (Å²) in [4.78, 5) is 34.4. The van der Waals surface area contributed by atoms with Crippen LogP contribution < -0.4 is 24.8 Å². The molecule has 1 aromatic heterocycles. The minimum absolute atomic E-state index is 0.0156. The van der Waals surface area contributed by atoms with Gasteiger partial charge in [0.1, 0.15) is 11.3 Å². The van der Waals surface area contributed by atoms with E-state index in [4.69, 9.17) is 9.84 Å². The van der Waals surface area contributed by atoms with E-state index in [9.17, 15) is 14.7 Å². The van der Waals surface area contributed by atoms with Gasteiger partial charge in [-0.15, -0.1) is 5.10 Å². The molecule has 7 rings (SSSR count). The highest BCUT2D eigenvalue weighted by Gasteiger charge is 2.54. The number of ether oxygens (including phenoxy) is 1. The van der Waals surface area contributed by atoms with Crippen LogP contribution in [0.5, 0.6) is 5.75 Å². The maximum absolute atomic E-state index is 14.3. The molecule has 3 aliphatic heterocycles. The second-order valence-corrected chi connectivity index (χ2v) is 13.6. The van der Waals surface area contributed by atoms with Crippen LogP contribution in [0.15, 0.2) is 91.1 Å². The van der Waals surface area contributed by atoms with Crippen molar-refractivity contribution in [2.45, 2.75) is 56.8 Å². The smallest absolute Gasteiger partial charge is 0.264 e. The van der Waals surface area contributed by atoms with Crippen molar-refractivity contribution in [2.24, 2.45) is 5.92 Å². The normalized spacial score (nSPS) is 20.5. The summed E-state index contributed by atoms with van der Waals surface area (Å²) in [5.74, 6) is -0.337. The van der Waals surface area contributed by atoms with Gasteiger partial charge in [0, 0.05) is 48.6 Å². The molecule has 2 amide bonds. The first-order valence-corrected chi connectivity index (χ1v) is 17.6. The molecule has 0 bridgehead atoms. The third-order valence-corrected chi connectivity index (χ3v) is 10.5. The van der Waals surface area contributed by atoms with Gasteiger partial charge in [-0.3, -0.25) is 19.2 Å². The van der Waals surface area contributed by atoms with E-state index in [1.165, 1.54) is 0 Å². The molecule has 1 spiro atoms. The molecule has 4 aromatic rings. The molecule has 2 atom stereocenters. The minimum Gasteiger partial charge on any atom is -0.497 e. The monoisotopic (exact) mass is 691 g/mol. The number of carbonyl (C=O) groups excluding carboxylic acids is 2. The van der Waals surface area contributed by atoms with E-state index in [-0.39, 0.29) is 19.1 Å². The van der Waals surface area contributed by atoms with Crippen molar-refractivity contribution < 1.29 is 24.5 Å². The Labute approximate surface area is 297 Å². The molecule has 0 saturated carbocycles. The number of aliphatic hydroxyl groups is 2. The Morgan fingerprint density at radius 3 is 2.55 bits per heavy atom. The lowest BCUT2D eigenvalue weighted by molar-refractivity contribution is -0.139. The lowest BCUT2D eigenvalue weighted by Gasteiger charge is -2.39. The highest BCUT2D eigenvalue weighted by molar-refractivity contribution is 6.08. The Morgan fingerprint density at radius 2 is 1.78 bits per heavy atom. The van der Waals surface area contributed by atoms with Crippen LogP contribution in [-0.2, 0) is 34.7 Å². The highest BCUT2D eigenvalue weighted by Crippen LogP contribution is 2.47. The van der Waals surface area contributed by atoms with E-state index in [1.807, 2.05) is 72.5 Å². The number of benzene rings is 3. The molecular formula is C39H45N7O5. The van der Waals surface area contributed by atoms with Crippen molar-refractivity contribution in [3.8, 4) is 5.75 Å². The number of hydrogen-bond donors (Lipinski definition) is 3. The molecule has 51 heavy (non-hydrogen) atoms. The SMILES string of the molecule is COc1ccc2c(c1)[C@](O)([C@@H](C)/C=C/CCn1cc(CCO)nn1)C(=O)N2Cc1cccc(N2CN(c3ccccc3)C3(CCNCC3)C2=O)c1. The van der Waals surface area contributed by atoms with Gasteiger partial charge in [-0.05, 0) is 80.4 Å². The topological polar surface area (TPSA) is 136 Å². The maximum Gasteiger partial charge on any atom is 0.264 e. The lowest BCUT2D eigenvalue weighted by atomic mass is 9.83. The van der Waals surface area contributed by atoms with Gasteiger partial charge < -0.3 is 30.1 Å². The molecular weight excluding hydrogens is 646 g/mol. The first-order chi connectivity index (χ1) is 24.8. The Bertz CT molecular complexity index is 1910. The predicted octanol–water partition coefficient (Wildman–Crippen LogP) is 3.77. The Morgan fingerprint density at radius 1 is 1.00 bits per heavy atom. The molecule has 2 saturated heterocycles. The number of allylic oxidation sites excluding steroid dienone is 1. The first kappa shape index (κ1) is 34.4. The third-order valence-electron chi connectivity index (χ3n) is 10.5. The zero-order valence-corrected chi connectivity index (χ0v) is 29.1. The van der Waals surface area contributed by atoms with Gasteiger partial charge in [0.2, 0.25) is 0 Å². The third kappa shape index (κ3) is 6.28. The second-order valence-electron chi connectivity index (χ2n) is 13.6. The van der Waals surface area contributed by atoms with Gasteiger partial charge in [-0.1, -0.05) is 54.6 Å². The number of aliphatic hydroxyl groups excluding tert-OH is 1. The molecule has 3 aliphatic rings. The summed E-state index contributed by atoms with van der Waals surface area (Å²) in [6.45, 7) is 4.62. The number of carbonyl (C=O) groups is 2. The maximum atomic E-state index is 14.3. The number of hydrogen-bond acceptors (Lipinski definition) is 9. The molecule has 0 aliphatic carbocycles.